The van der Waals surface area contributed by atoms with E-state index in [4.69, 9.17) is 11.6 Å². The van der Waals surface area contributed by atoms with Crippen molar-refractivity contribution in [3.05, 3.63) is 22.4 Å². The molecule has 1 aliphatic heterocycles. The zero-order chi connectivity index (χ0) is 13.2. The van der Waals surface area contributed by atoms with E-state index in [2.05, 4.69) is 0 Å². The third-order valence-electron chi connectivity index (χ3n) is 2.83. The first kappa shape index (κ1) is 13.8. The number of nitrogens with zero attached hydrogens (tertiary/aromatic N) is 2. The van der Waals surface area contributed by atoms with Crippen LogP contribution in [0.25, 0.3) is 0 Å². The highest BCUT2D eigenvalue weighted by molar-refractivity contribution is 7.90. The SMILES string of the molecule is O=C(c1ccsc1)N1CCN(S(=O)(=O)CCl)CC1. The minimum Gasteiger partial charge on any atom is -0.336 e. The lowest BCUT2D eigenvalue weighted by atomic mass is 10.2. The summed E-state index contributed by atoms with van der Waals surface area (Å²) in [5, 5.41) is 3.23. The fourth-order valence-electron chi connectivity index (χ4n) is 1.81. The van der Waals surface area contributed by atoms with Gasteiger partial charge in [-0.3, -0.25) is 4.79 Å². The van der Waals surface area contributed by atoms with Crippen LogP contribution in [0.2, 0.25) is 0 Å². The normalized spacial score (nSPS) is 17.9. The van der Waals surface area contributed by atoms with Gasteiger partial charge in [0.15, 0.2) is 0 Å². The molecule has 0 aliphatic carbocycles. The van der Waals surface area contributed by atoms with Gasteiger partial charge in [0.25, 0.3) is 5.91 Å². The number of hydrogen-bond acceptors (Lipinski definition) is 4. The van der Waals surface area contributed by atoms with Crippen LogP contribution in [0, 0.1) is 0 Å². The molecule has 1 fully saturated rings. The Balaban J connectivity index is 1.97. The molecule has 0 radical (unpaired) electrons. The number of hydrogen-bond donors (Lipinski definition) is 0. The van der Waals surface area contributed by atoms with E-state index in [-0.39, 0.29) is 5.91 Å². The fraction of sp³-hybridized carbons (Fsp3) is 0.500. The molecule has 0 atom stereocenters. The van der Waals surface area contributed by atoms with Gasteiger partial charge in [0, 0.05) is 31.6 Å². The molecule has 2 heterocycles. The van der Waals surface area contributed by atoms with Crippen LogP contribution in [0.15, 0.2) is 16.8 Å². The summed E-state index contributed by atoms with van der Waals surface area (Å²) < 4.78 is 24.4. The lowest BCUT2D eigenvalue weighted by Gasteiger charge is -2.33. The highest BCUT2D eigenvalue weighted by atomic mass is 35.5. The van der Waals surface area contributed by atoms with Crippen LogP contribution < -0.4 is 0 Å². The van der Waals surface area contributed by atoms with Crippen molar-refractivity contribution in [2.24, 2.45) is 0 Å². The molecule has 8 heteroatoms. The zero-order valence-corrected chi connectivity index (χ0v) is 12.0. The van der Waals surface area contributed by atoms with Crippen LogP contribution in [0.3, 0.4) is 0 Å². The van der Waals surface area contributed by atoms with Crippen molar-refractivity contribution in [3.8, 4) is 0 Å². The van der Waals surface area contributed by atoms with E-state index >= 15 is 0 Å². The molecule has 18 heavy (non-hydrogen) atoms. The predicted octanol–water partition coefficient (Wildman–Crippen LogP) is 1.03. The lowest BCUT2D eigenvalue weighted by molar-refractivity contribution is 0.0698. The number of amides is 1. The van der Waals surface area contributed by atoms with Gasteiger partial charge in [0.2, 0.25) is 10.0 Å². The number of thiophene rings is 1. The minimum absolute atomic E-state index is 0.0424. The smallest absolute Gasteiger partial charge is 0.254 e. The molecular weight excluding hydrogens is 296 g/mol. The van der Waals surface area contributed by atoms with Crippen LogP contribution in [0.1, 0.15) is 10.4 Å². The van der Waals surface area contributed by atoms with Crippen LogP contribution in [0.4, 0.5) is 0 Å². The molecule has 0 N–H and O–H groups in total. The standard InChI is InChI=1S/C10H13ClN2O3S2/c11-8-18(15,16)13-4-2-12(3-5-13)10(14)9-1-6-17-7-9/h1,6-7H,2-5,8H2. The van der Waals surface area contributed by atoms with Gasteiger partial charge in [-0.2, -0.15) is 15.6 Å². The molecule has 0 spiro atoms. The maximum Gasteiger partial charge on any atom is 0.254 e. The first-order valence-corrected chi connectivity index (χ1v) is 8.48. The number of carbonyl (C=O) groups excluding carboxylic acids is 1. The van der Waals surface area contributed by atoms with E-state index in [0.29, 0.717) is 31.7 Å². The molecule has 1 aliphatic rings. The summed E-state index contributed by atoms with van der Waals surface area (Å²) in [5.41, 5.74) is 0.661. The Kier molecular flexibility index (Phi) is 4.26. The molecule has 1 saturated heterocycles. The number of carbonyl (C=O) groups is 1. The third-order valence-corrected chi connectivity index (χ3v) is 5.76. The number of sulfonamides is 1. The molecule has 2 rings (SSSR count). The number of rotatable bonds is 3. The van der Waals surface area contributed by atoms with Crippen LogP contribution >= 0.6 is 22.9 Å². The molecular formula is C10H13ClN2O3S2. The summed E-state index contributed by atoms with van der Waals surface area (Å²) >= 11 is 6.87. The highest BCUT2D eigenvalue weighted by Gasteiger charge is 2.28. The van der Waals surface area contributed by atoms with Crippen molar-refractivity contribution in [3.63, 3.8) is 0 Å². The Labute approximate surface area is 115 Å². The van der Waals surface area contributed by atoms with Crippen molar-refractivity contribution in [1.82, 2.24) is 9.21 Å². The van der Waals surface area contributed by atoms with Crippen LogP contribution in [0.5, 0.6) is 0 Å². The van der Waals surface area contributed by atoms with E-state index in [0.717, 1.165) is 0 Å². The Morgan fingerprint density at radius 1 is 1.33 bits per heavy atom. The van der Waals surface area contributed by atoms with E-state index < -0.39 is 15.2 Å². The molecule has 0 bridgehead atoms. The number of alkyl halides is 1. The summed E-state index contributed by atoms with van der Waals surface area (Å²) in [6.07, 6.45) is 0. The van der Waals surface area contributed by atoms with Gasteiger partial charge in [-0.25, -0.2) is 8.42 Å². The minimum atomic E-state index is -3.36. The Morgan fingerprint density at radius 3 is 2.50 bits per heavy atom. The fourth-order valence-corrected chi connectivity index (χ4v) is 3.71. The summed E-state index contributed by atoms with van der Waals surface area (Å²) in [6.45, 7) is 1.44. The third kappa shape index (κ3) is 2.85. The monoisotopic (exact) mass is 308 g/mol. The van der Waals surface area contributed by atoms with Crippen molar-refractivity contribution >= 4 is 38.9 Å². The van der Waals surface area contributed by atoms with Gasteiger partial charge in [0.1, 0.15) is 5.21 Å². The Morgan fingerprint density at radius 2 is 2.00 bits per heavy atom. The van der Waals surface area contributed by atoms with Crippen molar-refractivity contribution < 1.29 is 13.2 Å². The molecule has 1 aromatic rings. The first-order valence-electron chi connectivity index (χ1n) is 5.40. The first-order chi connectivity index (χ1) is 8.54. The van der Waals surface area contributed by atoms with Crippen molar-refractivity contribution in [2.75, 3.05) is 31.4 Å². The summed E-state index contributed by atoms with van der Waals surface area (Å²) in [5.74, 6) is -0.0424. The number of piperazine rings is 1. The molecule has 100 valence electrons. The van der Waals surface area contributed by atoms with Crippen molar-refractivity contribution in [1.29, 1.82) is 0 Å². The summed E-state index contributed by atoms with van der Waals surface area (Å²) in [6, 6.07) is 1.77. The average molecular weight is 309 g/mol. The topological polar surface area (TPSA) is 57.7 Å². The quantitative estimate of drug-likeness (QED) is 0.784. The summed E-state index contributed by atoms with van der Waals surface area (Å²) in [7, 11) is -3.36. The maximum atomic E-state index is 12.0. The van der Waals surface area contributed by atoms with E-state index in [1.54, 1.807) is 16.3 Å². The average Bonchev–Trinajstić information content (AvgIpc) is 2.92. The Hall–Kier alpha value is -0.630. The molecule has 0 aromatic carbocycles. The highest BCUT2D eigenvalue weighted by Crippen LogP contribution is 2.14. The van der Waals surface area contributed by atoms with E-state index in [1.165, 1.54) is 15.6 Å². The second kappa shape index (κ2) is 5.56. The van der Waals surface area contributed by atoms with Gasteiger partial charge in [-0.1, -0.05) is 0 Å². The zero-order valence-electron chi connectivity index (χ0n) is 9.58. The van der Waals surface area contributed by atoms with Gasteiger partial charge >= 0.3 is 0 Å². The summed E-state index contributed by atoms with van der Waals surface area (Å²) in [4.78, 5) is 13.7. The predicted molar refractivity (Wildman–Crippen MR) is 71.4 cm³/mol. The second-order valence-corrected chi connectivity index (χ2v) is 7.26. The second-order valence-electron chi connectivity index (χ2n) is 3.92. The van der Waals surface area contributed by atoms with Gasteiger partial charge in [-0.05, 0) is 11.4 Å². The molecule has 5 nitrogen and oxygen atoms in total. The van der Waals surface area contributed by atoms with Crippen LogP contribution in [-0.2, 0) is 10.0 Å². The van der Waals surface area contributed by atoms with Crippen molar-refractivity contribution in [2.45, 2.75) is 0 Å². The van der Waals surface area contributed by atoms with Gasteiger partial charge < -0.3 is 4.90 Å². The molecule has 1 aromatic heterocycles. The number of halogens is 1. The maximum absolute atomic E-state index is 12.0. The van der Waals surface area contributed by atoms with E-state index in [1.807, 2.05) is 5.38 Å². The van der Waals surface area contributed by atoms with Crippen LogP contribution in [-0.4, -0.2) is 54.9 Å². The molecule has 0 unspecified atom stereocenters. The van der Waals surface area contributed by atoms with Gasteiger partial charge in [-0.15, -0.1) is 11.6 Å². The Bertz CT molecular complexity index is 507. The largest absolute Gasteiger partial charge is 0.336 e. The lowest BCUT2D eigenvalue weighted by Crippen LogP contribution is -2.50. The van der Waals surface area contributed by atoms with Gasteiger partial charge in [0.05, 0.1) is 5.56 Å². The molecule has 1 amide bonds. The molecule has 0 saturated carbocycles. The van der Waals surface area contributed by atoms with E-state index in [9.17, 15) is 13.2 Å².